The predicted molar refractivity (Wildman–Crippen MR) is 67.6 cm³/mol. The van der Waals surface area contributed by atoms with Crippen LogP contribution in [0.4, 0.5) is 0 Å². The minimum atomic E-state index is -0.485. The number of thiophene rings is 1. The van der Waals surface area contributed by atoms with Crippen LogP contribution in [0.15, 0.2) is 6.07 Å². The smallest absolute Gasteiger partial charge is 0.284 e. The Hall–Kier alpha value is -1.40. The number of fused-ring (bicyclic) bond motifs is 1. The Morgan fingerprint density at radius 1 is 1.56 bits per heavy atom. The quantitative estimate of drug-likeness (QED) is 0.645. The molecule has 2 N–H and O–H groups in total. The molecule has 0 aromatic carbocycles. The molecular weight excluding hydrogens is 252 g/mol. The lowest BCUT2D eigenvalue weighted by atomic mass is 10.1. The fourth-order valence-corrected chi connectivity index (χ4v) is 3.19. The third kappa shape index (κ3) is 2.54. The number of nitrogens with one attached hydrogen (secondary N) is 1. The molecule has 2 rings (SSSR count). The maximum absolute atomic E-state index is 11.8. The van der Waals surface area contributed by atoms with Gasteiger partial charge in [0.05, 0.1) is 11.4 Å². The first kappa shape index (κ1) is 13.0. The number of hydroxylamine groups is 1. The maximum Gasteiger partial charge on any atom is 0.284 e. The van der Waals surface area contributed by atoms with Crippen LogP contribution in [-0.4, -0.2) is 28.5 Å². The van der Waals surface area contributed by atoms with E-state index in [4.69, 9.17) is 5.21 Å². The average Bonchev–Trinajstić information content (AvgIpc) is 2.80. The van der Waals surface area contributed by atoms with Gasteiger partial charge in [-0.25, -0.2) is 5.48 Å². The third-order valence-electron chi connectivity index (χ3n) is 3.02. The molecule has 0 saturated carbocycles. The van der Waals surface area contributed by atoms with Crippen molar-refractivity contribution >= 4 is 23.2 Å². The molecule has 2 heterocycles. The van der Waals surface area contributed by atoms with Gasteiger partial charge in [0.15, 0.2) is 0 Å². The number of nitrogens with zero attached hydrogens (tertiary/aromatic N) is 1. The minimum Gasteiger partial charge on any atom is -0.337 e. The van der Waals surface area contributed by atoms with Gasteiger partial charge < -0.3 is 4.90 Å². The van der Waals surface area contributed by atoms with Crippen LogP contribution in [0.3, 0.4) is 0 Å². The SMILES string of the molecule is CCCC(=O)N1CCc2cc(C(=O)NO)sc2C1. The summed E-state index contributed by atoms with van der Waals surface area (Å²) in [6.07, 6.45) is 2.20. The lowest BCUT2D eigenvalue weighted by Gasteiger charge is -2.26. The second kappa shape index (κ2) is 5.49. The van der Waals surface area contributed by atoms with Crippen LogP contribution >= 0.6 is 11.3 Å². The highest BCUT2D eigenvalue weighted by atomic mass is 32.1. The monoisotopic (exact) mass is 268 g/mol. The molecule has 18 heavy (non-hydrogen) atoms. The second-order valence-corrected chi connectivity index (χ2v) is 5.45. The van der Waals surface area contributed by atoms with E-state index in [1.165, 1.54) is 11.3 Å². The zero-order valence-electron chi connectivity index (χ0n) is 10.2. The molecule has 98 valence electrons. The normalized spacial score (nSPS) is 14.2. The fourth-order valence-electron chi connectivity index (χ4n) is 2.07. The molecule has 0 atom stereocenters. The predicted octanol–water partition coefficient (Wildman–Crippen LogP) is 1.55. The van der Waals surface area contributed by atoms with Crippen molar-refractivity contribution in [2.24, 2.45) is 0 Å². The lowest BCUT2D eigenvalue weighted by Crippen LogP contribution is -2.34. The van der Waals surface area contributed by atoms with Crippen molar-refractivity contribution in [1.29, 1.82) is 0 Å². The largest absolute Gasteiger partial charge is 0.337 e. The molecule has 0 unspecified atom stereocenters. The van der Waals surface area contributed by atoms with E-state index < -0.39 is 5.91 Å². The van der Waals surface area contributed by atoms with Crippen molar-refractivity contribution in [3.63, 3.8) is 0 Å². The average molecular weight is 268 g/mol. The maximum atomic E-state index is 11.8. The van der Waals surface area contributed by atoms with Crippen molar-refractivity contribution in [1.82, 2.24) is 10.4 Å². The Kier molecular flexibility index (Phi) is 3.98. The van der Waals surface area contributed by atoms with Crippen molar-refractivity contribution in [3.05, 3.63) is 21.4 Å². The summed E-state index contributed by atoms with van der Waals surface area (Å²) in [4.78, 5) is 26.5. The van der Waals surface area contributed by atoms with Gasteiger partial charge >= 0.3 is 0 Å². The van der Waals surface area contributed by atoms with E-state index in [1.807, 2.05) is 11.8 Å². The summed E-state index contributed by atoms with van der Waals surface area (Å²) in [5.74, 6) is -0.314. The molecule has 1 aromatic rings. The van der Waals surface area contributed by atoms with Crippen LogP contribution in [0.25, 0.3) is 0 Å². The zero-order chi connectivity index (χ0) is 13.1. The third-order valence-corrected chi connectivity index (χ3v) is 4.18. The highest BCUT2D eigenvalue weighted by Gasteiger charge is 2.23. The molecule has 0 saturated heterocycles. The summed E-state index contributed by atoms with van der Waals surface area (Å²) in [5.41, 5.74) is 2.75. The number of carbonyl (C=O) groups is 2. The number of hydrogen-bond acceptors (Lipinski definition) is 4. The molecule has 1 aliphatic heterocycles. The molecule has 1 aromatic heterocycles. The highest BCUT2D eigenvalue weighted by molar-refractivity contribution is 7.14. The van der Waals surface area contributed by atoms with Gasteiger partial charge in [0.2, 0.25) is 5.91 Å². The van der Waals surface area contributed by atoms with Crippen LogP contribution in [-0.2, 0) is 17.8 Å². The molecule has 5 nitrogen and oxygen atoms in total. The van der Waals surface area contributed by atoms with Crippen LogP contribution in [0.5, 0.6) is 0 Å². The van der Waals surface area contributed by atoms with Crippen molar-refractivity contribution in [2.75, 3.05) is 6.54 Å². The van der Waals surface area contributed by atoms with E-state index in [-0.39, 0.29) is 5.91 Å². The standard InChI is InChI=1S/C12H16N2O3S/c1-2-3-11(15)14-5-4-8-6-9(12(16)13-17)18-10(8)7-14/h6,17H,2-5,7H2,1H3,(H,13,16). The Bertz CT molecular complexity index is 470. The van der Waals surface area contributed by atoms with E-state index in [1.54, 1.807) is 11.5 Å². The van der Waals surface area contributed by atoms with Gasteiger partial charge in [-0.05, 0) is 24.5 Å². The van der Waals surface area contributed by atoms with Gasteiger partial charge in [0.25, 0.3) is 5.91 Å². The zero-order valence-corrected chi connectivity index (χ0v) is 11.0. The summed E-state index contributed by atoms with van der Waals surface area (Å²) >= 11 is 1.34. The number of rotatable bonds is 3. The van der Waals surface area contributed by atoms with Gasteiger partial charge in [-0.3, -0.25) is 14.8 Å². The molecule has 0 aliphatic carbocycles. The van der Waals surface area contributed by atoms with Crippen molar-refractivity contribution in [2.45, 2.75) is 32.7 Å². The summed E-state index contributed by atoms with van der Waals surface area (Å²) in [7, 11) is 0. The Balaban J connectivity index is 2.12. The van der Waals surface area contributed by atoms with E-state index >= 15 is 0 Å². The Labute approximate surface area is 109 Å². The molecule has 0 bridgehead atoms. The van der Waals surface area contributed by atoms with Gasteiger partial charge in [0.1, 0.15) is 0 Å². The number of carbonyl (C=O) groups excluding carboxylic acids is 2. The van der Waals surface area contributed by atoms with Crippen molar-refractivity contribution < 1.29 is 14.8 Å². The summed E-state index contributed by atoms with van der Waals surface area (Å²) in [6.45, 7) is 3.28. The van der Waals surface area contributed by atoms with Gasteiger partial charge in [-0.15, -0.1) is 11.3 Å². The first-order chi connectivity index (χ1) is 8.65. The van der Waals surface area contributed by atoms with Crippen LogP contribution in [0, 0.1) is 0 Å². The molecule has 1 aliphatic rings. The van der Waals surface area contributed by atoms with Gasteiger partial charge in [-0.2, -0.15) is 0 Å². The number of amides is 2. The summed E-state index contributed by atoms with van der Waals surface area (Å²) in [5, 5.41) is 8.60. The van der Waals surface area contributed by atoms with Crippen LogP contribution in [0.2, 0.25) is 0 Å². The van der Waals surface area contributed by atoms with E-state index in [0.29, 0.717) is 24.4 Å². The molecule has 2 amide bonds. The van der Waals surface area contributed by atoms with Crippen LogP contribution in [0.1, 0.15) is 39.9 Å². The van der Waals surface area contributed by atoms with Crippen molar-refractivity contribution in [3.8, 4) is 0 Å². The van der Waals surface area contributed by atoms with Gasteiger partial charge in [-0.1, -0.05) is 6.92 Å². The summed E-state index contributed by atoms with van der Waals surface area (Å²) in [6, 6.07) is 1.80. The summed E-state index contributed by atoms with van der Waals surface area (Å²) < 4.78 is 0. The van der Waals surface area contributed by atoms with E-state index in [0.717, 1.165) is 23.3 Å². The molecule has 0 fully saturated rings. The minimum absolute atomic E-state index is 0.171. The van der Waals surface area contributed by atoms with E-state index in [9.17, 15) is 9.59 Å². The molecule has 6 heteroatoms. The Morgan fingerprint density at radius 3 is 3.00 bits per heavy atom. The Morgan fingerprint density at radius 2 is 2.33 bits per heavy atom. The molecule has 0 spiro atoms. The first-order valence-electron chi connectivity index (χ1n) is 5.99. The van der Waals surface area contributed by atoms with E-state index in [2.05, 4.69) is 0 Å². The second-order valence-electron chi connectivity index (χ2n) is 4.32. The number of hydrogen-bond donors (Lipinski definition) is 2. The van der Waals surface area contributed by atoms with Crippen LogP contribution < -0.4 is 5.48 Å². The molecular formula is C12H16N2O3S. The van der Waals surface area contributed by atoms with Gasteiger partial charge in [0, 0.05) is 17.8 Å². The lowest BCUT2D eigenvalue weighted by molar-refractivity contribution is -0.132. The topological polar surface area (TPSA) is 69.6 Å². The molecule has 0 radical (unpaired) electrons. The first-order valence-corrected chi connectivity index (χ1v) is 6.81. The highest BCUT2D eigenvalue weighted by Crippen LogP contribution is 2.28. The fraction of sp³-hybridized carbons (Fsp3) is 0.500.